The molecule has 6 heteroatoms. The molecule has 1 aromatic carbocycles. The standard InChI is InChI=1S/C19H26O6/c1-5-6-14(20)15-16-17(25-19(2,3)24-16)18(23-15)22-11-12-7-9-13(21-4)10-8-12/h5,7-10,14-18,20H,1,6,11H2,2-4H3/t14-,15-,16+,17+,18+/m1/s1. The fourth-order valence-electron chi connectivity index (χ4n) is 3.24. The molecular weight excluding hydrogens is 324 g/mol. The number of hydrogen-bond donors (Lipinski definition) is 1. The van der Waals surface area contributed by atoms with Crippen LogP contribution in [0, 0.1) is 0 Å². The number of aliphatic hydroxyl groups excluding tert-OH is 1. The molecule has 25 heavy (non-hydrogen) atoms. The van der Waals surface area contributed by atoms with E-state index in [9.17, 15) is 5.11 Å². The molecule has 2 aliphatic rings. The summed E-state index contributed by atoms with van der Waals surface area (Å²) in [6.07, 6.45) is -0.483. The van der Waals surface area contributed by atoms with Crippen molar-refractivity contribution in [2.75, 3.05) is 7.11 Å². The van der Waals surface area contributed by atoms with E-state index in [0.29, 0.717) is 13.0 Å². The van der Waals surface area contributed by atoms with Crippen molar-refractivity contribution < 1.29 is 28.8 Å². The van der Waals surface area contributed by atoms with Gasteiger partial charge in [-0.15, -0.1) is 6.58 Å². The Morgan fingerprint density at radius 1 is 1.24 bits per heavy atom. The number of methoxy groups -OCH3 is 1. The van der Waals surface area contributed by atoms with Crippen LogP contribution in [0.1, 0.15) is 25.8 Å². The van der Waals surface area contributed by atoms with Crippen LogP contribution in [-0.4, -0.2) is 48.7 Å². The lowest BCUT2D eigenvalue weighted by Crippen LogP contribution is -2.38. The fourth-order valence-corrected chi connectivity index (χ4v) is 3.24. The van der Waals surface area contributed by atoms with Crippen molar-refractivity contribution in [2.45, 2.75) is 63.4 Å². The first kappa shape index (κ1) is 18.4. The molecule has 0 bridgehead atoms. The van der Waals surface area contributed by atoms with E-state index in [-0.39, 0.29) is 12.2 Å². The smallest absolute Gasteiger partial charge is 0.187 e. The van der Waals surface area contributed by atoms with Crippen molar-refractivity contribution in [2.24, 2.45) is 0 Å². The van der Waals surface area contributed by atoms with E-state index in [4.69, 9.17) is 23.7 Å². The van der Waals surface area contributed by atoms with Gasteiger partial charge in [0.1, 0.15) is 24.1 Å². The van der Waals surface area contributed by atoms with Gasteiger partial charge >= 0.3 is 0 Å². The summed E-state index contributed by atoms with van der Waals surface area (Å²) in [7, 11) is 1.63. The zero-order valence-electron chi connectivity index (χ0n) is 14.9. The fraction of sp³-hybridized carbons (Fsp3) is 0.579. The molecule has 0 saturated carbocycles. The predicted octanol–water partition coefficient (Wildman–Crippen LogP) is 2.39. The largest absolute Gasteiger partial charge is 0.497 e. The second-order valence-corrected chi connectivity index (χ2v) is 6.78. The minimum atomic E-state index is -0.729. The van der Waals surface area contributed by atoms with Crippen LogP contribution < -0.4 is 4.74 Å². The van der Waals surface area contributed by atoms with Gasteiger partial charge in [0, 0.05) is 0 Å². The summed E-state index contributed by atoms with van der Waals surface area (Å²) in [4.78, 5) is 0. The van der Waals surface area contributed by atoms with Crippen molar-refractivity contribution in [1.82, 2.24) is 0 Å². The maximum atomic E-state index is 10.3. The summed E-state index contributed by atoms with van der Waals surface area (Å²) < 4.78 is 28.9. The van der Waals surface area contributed by atoms with Gasteiger partial charge in [-0.1, -0.05) is 18.2 Å². The van der Waals surface area contributed by atoms with Crippen molar-refractivity contribution in [1.29, 1.82) is 0 Å². The molecule has 6 nitrogen and oxygen atoms in total. The van der Waals surface area contributed by atoms with Crippen LogP contribution in [-0.2, 0) is 25.6 Å². The van der Waals surface area contributed by atoms with Gasteiger partial charge in [-0.25, -0.2) is 0 Å². The lowest BCUT2D eigenvalue weighted by atomic mass is 10.0. The van der Waals surface area contributed by atoms with Gasteiger partial charge in [-0.05, 0) is 38.0 Å². The molecule has 2 fully saturated rings. The first-order valence-electron chi connectivity index (χ1n) is 8.48. The van der Waals surface area contributed by atoms with Gasteiger partial charge < -0.3 is 28.8 Å². The Balaban J connectivity index is 1.66. The van der Waals surface area contributed by atoms with Gasteiger partial charge in [0.25, 0.3) is 0 Å². The zero-order chi connectivity index (χ0) is 18.0. The molecule has 0 spiro atoms. The Morgan fingerprint density at radius 2 is 1.92 bits per heavy atom. The molecule has 1 N–H and O–H groups in total. The minimum Gasteiger partial charge on any atom is -0.497 e. The van der Waals surface area contributed by atoms with Crippen molar-refractivity contribution in [3.63, 3.8) is 0 Å². The highest BCUT2D eigenvalue weighted by atomic mass is 16.8. The lowest BCUT2D eigenvalue weighted by molar-refractivity contribution is -0.245. The van der Waals surface area contributed by atoms with Crippen molar-refractivity contribution in [3.8, 4) is 5.75 Å². The summed E-state index contributed by atoms with van der Waals surface area (Å²) in [6, 6.07) is 7.63. The number of ether oxygens (including phenoxy) is 5. The van der Waals surface area contributed by atoms with Crippen LogP contribution in [0.4, 0.5) is 0 Å². The lowest BCUT2D eigenvalue weighted by Gasteiger charge is -2.26. The van der Waals surface area contributed by atoms with E-state index in [0.717, 1.165) is 11.3 Å². The summed E-state index contributed by atoms with van der Waals surface area (Å²) in [6.45, 7) is 7.73. The van der Waals surface area contributed by atoms with Gasteiger partial charge in [-0.2, -0.15) is 0 Å². The van der Waals surface area contributed by atoms with Crippen LogP contribution in [0.15, 0.2) is 36.9 Å². The molecular formula is C19H26O6. The summed E-state index contributed by atoms with van der Waals surface area (Å²) in [5, 5.41) is 10.3. The average Bonchev–Trinajstić information content (AvgIpc) is 3.07. The Labute approximate surface area is 148 Å². The molecule has 2 aliphatic heterocycles. The highest BCUT2D eigenvalue weighted by Gasteiger charge is 2.57. The van der Waals surface area contributed by atoms with E-state index in [1.165, 1.54) is 0 Å². The zero-order valence-corrected chi connectivity index (χ0v) is 14.9. The van der Waals surface area contributed by atoms with Crippen LogP contribution in [0.5, 0.6) is 5.75 Å². The van der Waals surface area contributed by atoms with Crippen LogP contribution in [0.2, 0.25) is 0 Å². The highest BCUT2D eigenvalue weighted by Crippen LogP contribution is 2.40. The van der Waals surface area contributed by atoms with Crippen molar-refractivity contribution in [3.05, 3.63) is 42.5 Å². The van der Waals surface area contributed by atoms with E-state index in [1.807, 2.05) is 38.1 Å². The van der Waals surface area contributed by atoms with Gasteiger partial charge in [0.2, 0.25) is 0 Å². The summed E-state index contributed by atoms with van der Waals surface area (Å²) >= 11 is 0. The average molecular weight is 350 g/mol. The predicted molar refractivity (Wildman–Crippen MR) is 91.1 cm³/mol. The van der Waals surface area contributed by atoms with Gasteiger partial charge in [0.05, 0.1) is 19.8 Å². The third-order valence-electron chi connectivity index (χ3n) is 4.41. The Bertz CT molecular complexity index is 584. The van der Waals surface area contributed by atoms with Crippen LogP contribution in [0.3, 0.4) is 0 Å². The summed E-state index contributed by atoms with van der Waals surface area (Å²) in [5.74, 6) is 0.0651. The Morgan fingerprint density at radius 3 is 2.56 bits per heavy atom. The maximum absolute atomic E-state index is 10.3. The molecule has 2 saturated heterocycles. The Hall–Kier alpha value is -1.44. The Kier molecular flexibility index (Phi) is 5.46. The molecule has 2 heterocycles. The topological polar surface area (TPSA) is 66.4 Å². The number of rotatable bonds is 7. The van der Waals surface area contributed by atoms with Gasteiger partial charge in [-0.3, -0.25) is 0 Å². The normalized spacial score (nSPS) is 31.5. The van der Waals surface area contributed by atoms with E-state index in [1.54, 1.807) is 13.2 Å². The number of aliphatic hydroxyl groups is 1. The van der Waals surface area contributed by atoms with Crippen molar-refractivity contribution >= 4 is 0 Å². The second-order valence-electron chi connectivity index (χ2n) is 6.78. The molecule has 138 valence electrons. The van der Waals surface area contributed by atoms with E-state index < -0.39 is 24.3 Å². The first-order chi connectivity index (χ1) is 11.9. The number of hydrogen-bond acceptors (Lipinski definition) is 6. The van der Waals surface area contributed by atoms with E-state index in [2.05, 4.69) is 6.58 Å². The summed E-state index contributed by atoms with van der Waals surface area (Å²) in [5.41, 5.74) is 0.995. The molecule has 3 rings (SSSR count). The molecule has 0 unspecified atom stereocenters. The first-order valence-corrected chi connectivity index (χ1v) is 8.48. The number of fused-ring (bicyclic) bond motifs is 1. The highest BCUT2D eigenvalue weighted by molar-refractivity contribution is 5.26. The molecule has 0 radical (unpaired) electrons. The molecule has 0 aromatic heterocycles. The second kappa shape index (κ2) is 7.43. The van der Waals surface area contributed by atoms with Gasteiger partial charge in [0.15, 0.2) is 12.1 Å². The van der Waals surface area contributed by atoms with Crippen LogP contribution >= 0.6 is 0 Å². The minimum absolute atomic E-state index is 0.367. The van der Waals surface area contributed by atoms with Crippen LogP contribution in [0.25, 0.3) is 0 Å². The third-order valence-corrected chi connectivity index (χ3v) is 4.41. The molecule has 0 aliphatic carbocycles. The molecule has 5 atom stereocenters. The maximum Gasteiger partial charge on any atom is 0.187 e. The monoisotopic (exact) mass is 350 g/mol. The SMILES string of the molecule is C=CC[C@@H](O)[C@H]1O[C@H](OCc2ccc(OC)cc2)[C@H]2OC(C)(C)O[C@H]21. The third kappa shape index (κ3) is 4.04. The quantitative estimate of drug-likeness (QED) is 0.762. The molecule has 0 amide bonds. The number of benzene rings is 1. The van der Waals surface area contributed by atoms with E-state index >= 15 is 0 Å². The molecule has 1 aromatic rings.